The lowest BCUT2D eigenvalue weighted by Crippen LogP contribution is -2.45. The van der Waals surface area contributed by atoms with Crippen molar-refractivity contribution in [3.8, 4) is 12.1 Å². The van der Waals surface area contributed by atoms with E-state index in [4.69, 9.17) is 5.84 Å². The van der Waals surface area contributed by atoms with Crippen molar-refractivity contribution in [2.24, 2.45) is 26.8 Å². The Balaban J connectivity index is 2.59. The lowest BCUT2D eigenvalue weighted by molar-refractivity contribution is 0.243. The smallest absolute Gasteiger partial charge is 0.169 e. The second kappa shape index (κ2) is 3.06. The molecule has 0 aromatic rings. The molecule has 2 N–H and O–H groups in total. The molecule has 1 heterocycles. The van der Waals surface area contributed by atoms with Crippen LogP contribution in [0.3, 0.4) is 0 Å². The van der Waals surface area contributed by atoms with Crippen LogP contribution in [0, 0.1) is 33.5 Å². The van der Waals surface area contributed by atoms with Gasteiger partial charge in [0.25, 0.3) is 0 Å². The van der Waals surface area contributed by atoms with Gasteiger partial charge < -0.3 is 5.84 Å². The van der Waals surface area contributed by atoms with E-state index in [1.807, 2.05) is 0 Å². The number of nitrogens with two attached hydrogens (primary N) is 1. The minimum absolute atomic E-state index is 0.311. The number of nitrogens with zero attached hydrogens (tertiary/aromatic N) is 4. The van der Waals surface area contributed by atoms with Gasteiger partial charge in [-0.3, -0.25) is 0 Å². The van der Waals surface area contributed by atoms with E-state index < -0.39 is 10.8 Å². The molecule has 15 heavy (non-hydrogen) atoms. The highest BCUT2D eigenvalue weighted by molar-refractivity contribution is 6.06. The number of fused-ring (bicyclic) bond motifs is 1. The lowest BCUT2D eigenvalue weighted by Gasteiger charge is -2.37. The molecule has 1 fully saturated rings. The van der Waals surface area contributed by atoms with Gasteiger partial charge in [0.05, 0.1) is 12.1 Å². The minimum Gasteiger partial charge on any atom is -0.321 e. The molecule has 2 aliphatic rings. The summed E-state index contributed by atoms with van der Waals surface area (Å²) in [6.45, 7) is 0. The molecule has 1 aliphatic carbocycles. The Kier molecular flexibility index (Phi) is 1.97. The molecular weight excluding hydrogens is 190 g/mol. The Hall–Kier alpha value is -1.88. The second-order valence-corrected chi connectivity index (χ2v) is 4.02. The third kappa shape index (κ3) is 0.951. The van der Waals surface area contributed by atoms with Gasteiger partial charge in [0.1, 0.15) is 10.8 Å². The highest BCUT2D eigenvalue weighted by Crippen LogP contribution is 2.53. The normalized spacial score (nSPS) is 40.8. The predicted octanol–water partition coefficient (Wildman–Crippen LogP) is 0.937. The molecule has 0 aromatic heterocycles. The zero-order chi connectivity index (χ0) is 10.9. The predicted molar refractivity (Wildman–Crippen MR) is 54.7 cm³/mol. The van der Waals surface area contributed by atoms with E-state index in [0.29, 0.717) is 18.7 Å². The molecule has 2 unspecified atom stereocenters. The number of hydrogen-bond acceptors (Lipinski definition) is 4. The topological polar surface area (TPSA) is 98.3 Å². The van der Waals surface area contributed by atoms with E-state index >= 15 is 0 Å². The number of hydrazone groups is 1. The van der Waals surface area contributed by atoms with Crippen LogP contribution in [-0.4, -0.2) is 12.1 Å². The maximum atomic E-state index is 9.33. The van der Waals surface area contributed by atoms with Crippen LogP contribution in [0.4, 0.5) is 0 Å². The number of hydrogen-bond donors (Lipinski definition) is 1. The van der Waals surface area contributed by atoms with Crippen LogP contribution in [0.2, 0.25) is 0 Å². The van der Waals surface area contributed by atoms with Crippen LogP contribution in [-0.2, 0) is 0 Å². The van der Waals surface area contributed by atoms with Crippen LogP contribution in [0.1, 0.15) is 25.7 Å². The van der Waals surface area contributed by atoms with Gasteiger partial charge in [0.15, 0.2) is 5.84 Å². The van der Waals surface area contributed by atoms with Crippen LogP contribution in [0.15, 0.2) is 10.1 Å². The van der Waals surface area contributed by atoms with Crippen molar-refractivity contribution in [1.82, 2.24) is 0 Å². The van der Waals surface area contributed by atoms with Crippen LogP contribution in [0.5, 0.6) is 0 Å². The van der Waals surface area contributed by atoms with Crippen molar-refractivity contribution in [1.29, 1.82) is 10.5 Å². The van der Waals surface area contributed by atoms with Crippen molar-refractivity contribution in [2.45, 2.75) is 25.7 Å². The Bertz CT molecular complexity index is 424. The van der Waals surface area contributed by atoms with Crippen molar-refractivity contribution in [2.75, 3.05) is 0 Å². The van der Waals surface area contributed by atoms with Crippen LogP contribution in [0.25, 0.3) is 0 Å². The molecule has 76 valence electrons. The number of amidine groups is 1. The van der Waals surface area contributed by atoms with Gasteiger partial charge in [-0.15, -0.1) is 0 Å². The third-order valence-electron chi connectivity index (χ3n) is 3.44. The van der Waals surface area contributed by atoms with E-state index in [0.717, 1.165) is 12.8 Å². The first-order valence-corrected chi connectivity index (χ1v) is 4.91. The summed E-state index contributed by atoms with van der Waals surface area (Å²) >= 11 is 0. The lowest BCUT2D eigenvalue weighted by atomic mass is 9.58. The molecule has 0 saturated heterocycles. The fourth-order valence-electron chi connectivity index (χ4n) is 2.53. The molecule has 2 atom stereocenters. The number of rotatable bonds is 0. The summed E-state index contributed by atoms with van der Waals surface area (Å²) in [6.07, 6.45) is 4.70. The molecule has 0 radical (unpaired) electrons. The summed E-state index contributed by atoms with van der Waals surface area (Å²) in [5.41, 5.74) is -1.72. The fourth-order valence-corrected chi connectivity index (χ4v) is 2.53. The molecule has 2 rings (SSSR count). The van der Waals surface area contributed by atoms with Crippen LogP contribution < -0.4 is 5.84 Å². The van der Waals surface area contributed by atoms with E-state index in [1.54, 1.807) is 6.21 Å². The summed E-state index contributed by atoms with van der Waals surface area (Å²) in [7, 11) is 0. The van der Waals surface area contributed by atoms with Crippen LogP contribution >= 0.6 is 0 Å². The molecule has 5 heteroatoms. The molecule has 1 aliphatic heterocycles. The molecule has 0 bridgehead atoms. The highest BCUT2D eigenvalue weighted by atomic mass is 15.2. The Morgan fingerprint density at radius 1 is 1.33 bits per heavy atom. The van der Waals surface area contributed by atoms with Crippen molar-refractivity contribution in [3.63, 3.8) is 0 Å². The average molecular weight is 201 g/mol. The summed E-state index contributed by atoms with van der Waals surface area (Å²) < 4.78 is 0. The van der Waals surface area contributed by atoms with Gasteiger partial charge in [-0.1, -0.05) is 12.8 Å². The Labute approximate surface area is 87.9 Å². The molecule has 0 amide bonds. The minimum atomic E-state index is -0.908. The van der Waals surface area contributed by atoms with E-state index in [2.05, 4.69) is 22.2 Å². The summed E-state index contributed by atoms with van der Waals surface area (Å²) in [4.78, 5) is 4.04. The molecular formula is C10H11N5. The van der Waals surface area contributed by atoms with E-state index in [1.165, 1.54) is 0 Å². The Morgan fingerprint density at radius 3 is 2.67 bits per heavy atom. The zero-order valence-corrected chi connectivity index (χ0v) is 8.27. The molecule has 0 aromatic carbocycles. The zero-order valence-electron chi connectivity index (χ0n) is 8.27. The SMILES string of the molecule is N#CC12C=NC(=NN)C1(C#N)CCCC2. The average Bonchev–Trinajstić information content (AvgIpc) is 2.64. The summed E-state index contributed by atoms with van der Waals surface area (Å²) in [5, 5.41) is 22.2. The standard InChI is InChI=1S/C10H11N5/c11-5-9-3-1-2-4-10(9,6-12)8(15-13)14-7-9/h7H,1-4,13H2. The first-order chi connectivity index (χ1) is 7.24. The summed E-state index contributed by atoms with van der Waals surface area (Å²) in [6, 6.07) is 4.44. The largest absolute Gasteiger partial charge is 0.321 e. The third-order valence-corrected chi connectivity index (χ3v) is 3.44. The molecule has 5 nitrogen and oxygen atoms in total. The Morgan fingerprint density at radius 2 is 2.07 bits per heavy atom. The monoisotopic (exact) mass is 201 g/mol. The van der Waals surface area contributed by atoms with Gasteiger partial charge in [0, 0.05) is 6.21 Å². The van der Waals surface area contributed by atoms with Crippen molar-refractivity contribution in [3.05, 3.63) is 0 Å². The first kappa shape index (κ1) is 9.67. The van der Waals surface area contributed by atoms with Gasteiger partial charge in [-0.25, -0.2) is 4.99 Å². The molecule has 1 saturated carbocycles. The van der Waals surface area contributed by atoms with Crippen molar-refractivity contribution < 1.29 is 0 Å². The maximum Gasteiger partial charge on any atom is 0.169 e. The first-order valence-electron chi connectivity index (χ1n) is 4.91. The van der Waals surface area contributed by atoms with Gasteiger partial charge in [-0.05, 0) is 12.8 Å². The van der Waals surface area contributed by atoms with E-state index in [9.17, 15) is 10.5 Å². The second-order valence-electron chi connectivity index (χ2n) is 4.02. The van der Waals surface area contributed by atoms with Crippen molar-refractivity contribution >= 4 is 12.1 Å². The maximum absolute atomic E-state index is 9.33. The van der Waals surface area contributed by atoms with E-state index in [-0.39, 0.29) is 0 Å². The summed E-state index contributed by atoms with van der Waals surface area (Å²) in [5.74, 6) is 5.54. The number of nitriles is 2. The molecule has 0 spiro atoms. The van der Waals surface area contributed by atoms with Gasteiger partial charge in [-0.2, -0.15) is 15.6 Å². The quantitative estimate of drug-likeness (QED) is 0.466. The van der Waals surface area contributed by atoms with Gasteiger partial charge in [0.2, 0.25) is 0 Å². The fraction of sp³-hybridized carbons (Fsp3) is 0.600. The number of aliphatic imine (C=N–C) groups is 1. The van der Waals surface area contributed by atoms with Gasteiger partial charge >= 0.3 is 0 Å². The highest BCUT2D eigenvalue weighted by Gasteiger charge is 2.60.